The van der Waals surface area contributed by atoms with E-state index < -0.39 is 0 Å². The molecule has 138 valence electrons. The maximum absolute atomic E-state index is 12.7. The number of hydrogen-bond donors (Lipinski definition) is 0. The van der Waals surface area contributed by atoms with E-state index in [1.807, 2.05) is 4.90 Å². The van der Waals surface area contributed by atoms with Gasteiger partial charge in [-0.25, -0.2) is 9.83 Å². The molecule has 1 fully saturated rings. The van der Waals surface area contributed by atoms with Gasteiger partial charge in [-0.15, -0.1) is 0 Å². The van der Waals surface area contributed by atoms with E-state index in [1.54, 1.807) is 30.3 Å². The van der Waals surface area contributed by atoms with Gasteiger partial charge < -0.3 is 9.64 Å². The second-order valence-corrected chi connectivity index (χ2v) is 7.63. The van der Waals surface area contributed by atoms with Crippen LogP contribution >= 0.6 is 23.2 Å². The molecule has 1 amide bonds. The summed E-state index contributed by atoms with van der Waals surface area (Å²) in [5, 5.41) is 0.825. The van der Waals surface area contributed by atoms with Crippen LogP contribution in [0.4, 0.5) is 5.69 Å². The van der Waals surface area contributed by atoms with E-state index in [2.05, 4.69) is 9.83 Å². The Morgan fingerprint density at radius 2 is 1.93 bits per heavy atom. The van der Waals surface area contributed by atoms with E-state index in [1.165, 1.54) is 0 Å². The van der Waals surface area contributed by atoms with Crippen molar-refractivity contribution in [1.29, 1.82) is 0 Å². The van der Waals surface area contributed by atoms with Crippen molar-refractivity contribution in [3.63, 3.8) is 0 Å². The fourth-order valence-corrected chi connectivity index (χ4v) is 4.17. The molecule has 0 unspecified atom stereocenters. The van der Waals surface area contributed by atoms with Crippen LogP contribution in [0.5, 0.6) is 5.75 Å². The molecule has 0 radical (unpaired) electrons. The van der Waals surface area contributed by atoms with E-state index >= 15 is 0 Å². The summed E-state index contributed by atoms with van der Waals surface area (Å²) in [5.41, 5.74) is 1.85. The number of fused-ring (bicyclic) bond motifs is 1. The summed E-state index contributed by atoms with van der Waals surface area (Å²) in [4.78, 5) is 22.2. The first kappa shape index (κ1) is 18.1. The van der Waals surface area contributed by atoms with Crippen LogP contribution < -0.4 is 4.74 Å². The van der Waals surface area contributed by atoms with Crippen LogP contribution in [0.3, 0.4) is 0 Å². The quantitative estimate of drug-likeness (QED) is 0.518. The SMILES string of the molecule is [C-]#[N+]c1ccc(OC2CCC(N3Cc4nc(Cl)ccc4C3=O)CC2)cc1Cl. The summed E-state index contributed by atoms with van der Waals surface area (Å²) >= 11 is 12.0. The van der Waals surface area contributed by atoms with E-state index in [-0.39, 0.29) is 18.1 Å². The van der Waals surface area contributed by atoms with Crippen molar-refractivity contribution in [2.75, 3.05) is 0 Å². The Balaban J connectivity index is 1.36. The minimum Gasteiger partial charge on any atom is -0.490 e. The zero-order chi connectivity index (χ0) is 19.0. The lowest BCUT2D eigenvalue weighted by Gasteiger charge is -2.34. The summed E-state index contributed by atoms with van der Waals surface area (Å²) in [6.45, 7) is 7.57. The predicted molar refractivity (Wildman–Crippen MR) is 104 cm³/mol. The van der Waals surface area contributed by atoms with Gasteiger partial charge in [-0.05, 0) is 49.9 Å². The van der Waals surface area contributed by atoms with Crippen molar-refractivity contribution in [1.82, 2.24) is 9.88 Å². The molecule has 1 aliphatic heterocycles. The molecule has 0 N–H and O–H groups in total. The molecule has 0 spiro atoms. The number of ether oxygens (including phenoxy) is 1. The van der Waals surface area contributed by atoms with Crippen molar-refractivity contribution >= 4 is 34.8 Å². The fourth-order valence-electron chi connectivity index (χ4n) is 3.79. The Morgan fingerprint density at radius 3 is 2.63 bits per heavy atom. The molecule has 2 aliphatic rings. The number of rotatable bonds is 3. The van der Waals surface area contributed by atoms with Crippen LogP contribution in [0, 0.1) is 6.57 Å². The molecular weight excluding hydrogens is 385 g/mol. The molecule has 2 aromatic rings. The Bertz CT molecular complexity index is 933. The van der Waals surface area contributed by atoms with Gasteiger partial charge in [-0.1, -0.05) is 29.3 Å². The second-order valence-electron chi connectivity index (χ2n) is 6.83. The lowest BCUT2D eigenvalue weighted by Crippen LogP contribution is -2.40. The fraction of sp³-hybridized carbons (Fsp3) is 0.350. The van der Waals surface area contributed by atoms with Crippen LogP contribution in [0.25, 0.3) is 4.85 Å². The number of aromatic nitrogens is 1. The topological polar surface area (TPSA) is 46.8 Å². The number of hydrogen-bond acceptors (Lipinski definition) is 3. The van der Waals surface area contributed by atoms with E-state index in [0.29, 0.717) is 33.7 Å². The third kappa shape index (κ3) is 3.60. The Hall–Kier alpha value is -2.29. The zero-order valence-electron chi connectivity index (χ0n) is 14.5. The normalized spacial score (nSPS) is 21.7. The molecule has 5 nitrogen and oxygen atoms in total. The first-order valence-electron chi connectivity index (χ1n) is 8.85. The molecule has 2 heterocycles. The molecule has 1 aromatic heterocycles. The number of pyridine rings is 1. The van der Waals surface area contributed by atoms with Gasteiger partial charge in [0.05, 0.1) is 35.5 Å². The molecule has 0 saturated heterocycles. The maximum Gasteiger partial charge on any atom is 0.256 e. The highest BCUT2D eigenvalue weighted by molar-refractivity contribution is 6.33. The van der Waals surface area contributed by atoms with Crippen molar-refractivity contribution in [3.05, 3.63) is 63.2 Å². The summed E-state index contributed by atoms with van der Waals surface area (Å²) in [6, 6.07) is 8.76. The van der Waals surface area contributed by atoms with Crippen molar-refractivity contribution < 1.29 is 9.53 Å². The number of carbonyl (C=O) groups is 1. The molecule has 1 aromatic carbocycles. The maximum atomic E-state index is 12.7. The largest absolute Gasteiger partial charge is 0.490 e. The Morgan fingerprint density at radius 1 is 1.15 bits per heavy atom. The minimum absolute atomic E-state index is 0.0417. The van der Waals surface area contributed by atoms with Crippen molar-refractivity contribution in [2.45, 2.75) is 44.4 Å². The van der Waals surface area contributed by atoms with Gasteiger partial charge in [0.25, 0.3) is 5.91 Å². The van der Waals surface area contributed by atoms with Gasteiger partial charge in [0.15, 0.2) is 0 Å². The molecule has 27 heavy (non-hydrogen) atoms. The third-order valence-electron chi connectivity index (χ3n) is 5.18. The van der Waals surface area contributed by atoms with Gasteiger partial charge in [-0.2, -0.15) is 0 Å². The summed E-state index contributed by atoms with van der Waals surface area (Å²) in [5.74, 6) is 0.722. The van der Waals surface area contributed by atoms with Gasteiger partial charge in [-0.3, -0.25) is 4.79 Å². The highest BCUT2D eigenvalue weighted by Crippen LogP contribution is 2.34. The van der Waals surface area contributed by atoms with Gasteiger partial charge in [0.2, 0.25) is 5.69 Å². The molecule has 4 rings (SSSR count). The average Bonchev–Trinajstić information content (AvgIpc) is 2.98. The van der Waals surface area contributed by atoms with Crippen LogP contribution in [0.1, 0.15) is 41.7 Å². The molecule has 0 atom stereocenters. The minimum atomic E-state index is 0.0417. The molecule has 1 saturated carbocycles. The second kappa shape index (κ2) is 7.38. The van der Waals surface area contributed by atoms with Crippen LogP contribution in [-0.2, 0) is 6.54 Å². The number of nitrogens with zero attached hydrogens (tertiary/aromatic N) is 3. The van der Waals surface area contributed by atoms with Crippen molar-refractivity contribution in [3.8, 4) is 5.75 Å². The van der Waals surface area contributed by atoms with E-state index in [0.717, 1.165) is 31.4 Å². The number of benzene rings is 1. The first-order chi connectivity index (χ1) is 13.0. The van der Waals surface area contributed by atoms with Gasteiger partial charge in [0.1, 0.15) is 10.9 Å². The van der Waals surface area contributed by atoms with Crippen molar-refractivity contribution in [2.24, 2.45) is 0 Å². The molecular formula is C20H17Cl2N3O2. The van der Waals surface area contributed by atoms with Gasteiger partial charge >= 0.3 is 0 Å². The average molecular weight is 402 g/mol. The predicted octanol–water partition coefficient (Wildman–Crippen LogP) is 5.29. The Labute approximate surface area is 167 Å². The summed E-state index contributed by atoms with van der Waals surface area (Å²) in [6.07, 6.45) is 3.57. The highest BCUT2D eigenvalue weighted by Gasteiger charge is 2.36. The summed E-state index contributed by atoms with van der Waals surface area (Å²) < 4.78 is 6.03. The number of carbonyl (C=O) groups excluding carboxylic acids is 1. The monoisotopic (exact) mass is 401 g/mol. The smallest absolute Gasteiger partial charge is 0.256 e. The zero-order valence-corrected chi connectivity index (χ0v) is 16.0. The third-order valence-corrected chi connectivity index (χ3v) is 5.69. The highest BCUT2D eigenvalue weighted by atomic mass is 35.5. The van der Waals surface area contributed by atoms with E-state index in [9.17, 15) is 4.79 Å². The molecule has 0 bridgehead atoms. The summed E-state index contributed by atoms with van der Waals surface area (Å²) in [7, 11) is 0. The lowest BCUT2D eigenvalue weighted by atomic mass is 9.92. The van der Waals surface area contributed by atoms with E-state index in [4.69, 9.17) is 34.5 Å². The number of halogens is 2. The van der Waals surface area contributed by atoms with Crippen LogP contribution in [0.15, 0.2) is 30.3 Å². The molecule has 1 aliphatic carbocycles. The standard InChI is InChI=1S/C20H17Cl2N3O2/c1-23-17-8-6-14(10-16(17)21)27-13-4-2-12(3-5-13)25-11-18-15(20(25)26)7-9-19(22)24-18/h6-10,12-13H,2-5,11H2. The lowest BCUT2D eigenvalue weighted by molar-refractivity contribution is 0.0560. The van der Waals surface area contributed by atoms with Crippen LogP contribution in [0.2, 0.25) is 10.2 Å². The number of amides is 1. The van der Waals surface area contributed by atoms with Gasteiger partial charge in [0, 0.05) is 6.04 Å². The molecule has 7 heteroatoms. The van der Waals surface area contributed by atoms with Crippen LogP contribution in [-0.4, -0.2) is 27.9 Å². The Kier molecular flexibility index (Phi) is 4.94. The first-order valence-corrected chi connectivity index (χ1v) is 9.61.